The van der Waals surface area contributed by atoms with Crippen molar-refractivity contribution in [3.63, 3.8) is 0 Å². The van der Waals surface area contributed by atoms with E-state index in [0.717, 1.165) is 21.9 Å². The molecule has 0 amide bonds. The van der Waals surface area contributed by atoms with Crippen LogP contribution in [0.25, 0.3) is 0 Å². The summed E-state index contributed by atoms with van der Waals surface area (Å²) in [6.07, 6.45) is 0. The molecule has 0 unspecified atom stereocenters. The van der Waals surface area contributed by atoms with E-state index in [4.69, 9.17) is 22.1 Å². The van der Waals surface area contributed by atoms with Gasteiger partial charge in [-0.2, -0.15) is 0 Å². The first-order valence-electron chi connectivity index (χ1n) is 6.30. The average molecular weight is 276 g/mol. The van der Waals surface area contributed by atoms with Crippen LogP contribution in [0.15, 0.2) is 42.5 Å². The van der Waals surface area contributed by atoms with Crippen LogP contribution < -0.4 is 10.5 Å². The third-order valence-electron chi connectivity index (χ3n) is 3.00. The molecule has 1 atom stereocenters. The van der Waals surface area contributed by atoms with Crippen molar-refractivity contribution < 1.29 is 4.74 Å². The minimum atomic E-state index is -0.0545. The van der Waals surface area contributed by atoms with E-state index in [2.05, 4.69) is 6.07 Å². The van der Waals surface area contributed by atoms with Crippen molar-refractivity contribution in [3.8, 4) is 5.75 Å². The van der Waals surface area contributed by atoms with Crippen LogP contribution in [0.2, 0.25) is 5.02 Å². The van der Waals surface area contributed by atoms with E-state index in [9.17, 15) is 0 Å². The average Bonchev–Trinajstić information content (AvgIpc) is 2.38. The number of ether oxygens (including phenoxy) is 1. The molecule has 2 aromatic carbocycles. The van der Waals surface area contributed by atoms with Crippen LogP contribution in [0.4, 0.5) is 0 Å². The Morgan fingerprint density at radius 2 is 1.95 bits per heavy atom. The summed E-state index contributed by atoms with van der Waals surface area (Å²) < 4.78 is 5.86. The lowest BCUT2D eigenvalue weighted by Crippen LogP contribution is -2.08. The monoisotopic (exact) mass is 275 g/mol. The van der Waals surface area contributed by atoms with Crippen molar-refractivity contribution in [3.05, 3.63) is 64.2 Å². The van der Waals surface area contributed by atoms with E-state index in [0.29, 0.717) is 6.61 Å². The van der Waals surface area contributed by atoms with Gasteiger partial charge in [0.15, 0.2) is 0 Å². The Kier molecular flexibility index (Phi) is 4.46. The molecule has 0 spiro atoms. The molecule has 100 valence electrons. The molecular weight excluding hydrogens is 258 g/mol. The molecule has 0 saturated carbocycles. The van der Waals surface area contributed by atoms with Gasteiger partial charge >= 0.3 is 0 Å². The number of benzene rings is 2. The first kappa shape index (κ1) is 13.9. The Balaban J connectivity index is 2.18. The van der Waals surface area contributed by atoms with Crippen molar-refractivity contribution in [2.45, 2.75) is 26.5 Å². The first-order valence-corrected chi connectivity index (χ1v) is 6.68. The molecule has 0 radical (unpaired) electrons. The molecule has 0 saturated heterocycles. The van der Waals surface area contributed by atoms with Crippen molar-refractivity contribution in [2.24, 2.45) is 5.73 Å². The van der Waals surface area contributed by atoms with Crippen LogP contribution in [0.5, 0.6) is 5.75 Å². The smallest absolute Gasteiger partial charge is 0.124 e. The topological polar surface area (TPSA) is 35.2 Å². The highest BCUT2D eigenvalue weighted by Gasteiger charge is 2.09. The summed E-state index contributed by atoms with van der Waals surface area (Å²) in [5.41, 5.74) is 9.15. The second-order valence-electron chi connectivity index (χ2n) is 4.71. The lowest BCUT2D eigenvalue weighted by atomic mass is 10.1. The third kappa shape index (κ3) is 3.49. The van der Waals surface area contributed by atoms with Crippen LogP contribution in [-0.2, 0) is 6.61 Å². The van der Waals surface area contributed by atoms with E-state index in [-0.39, 0.29) is 6.04 Å². The van der Waals surface area contributed by atoms with E-state index >= 15 is 0 Å². The predicted octanol–water partition coefficient (Wildman–Crippen LogP) is 4.25. The zero-order chi connectivity index (χ0) is 13.8. The Morgan fingerprint density at radius 1 is 1.21 bits per heavy atom. The van der Waals surface area contributed by atoms with Gasteiger partial charge in [0.2, 0.25) is 0 Å². The minimum Gasteiger partial charge on any atom is -0.489 e. The normalized spacial score (nSPS) is 12.2. The fraction of sp³-hybridized carbons (Fsp3) is 0.250. The van der Waals surface area contributed by atoms with Gasteiger partial charge in [0.05, 0.1) is 0 Å². The summed E-state index contributed by atoms with van der Waals surface area (Å²) in [5.74, 6) is 0.820. The standard InChI is InChI=1S/C16H18ClNO/c1-11-7-8-16(14(9-11)12(2)18)19-10-13-5-3-4-6-15(13)17/h3-9,12H,10,18H2,1-2H3/t12-/m1/s1. The molecule has 2 nitrogen and oxygen atoms in total. The van der Waals surface area contributed by atoms with E-state index in [1.54, 1.807) is 0 Å². The maximum absolute atomic E-state index is 6.11. The molecule has 2 rings (SSSR count). The molecule has 0 fully saturated rings. The Bertz CT molecular complexity index is 566. The van der Waals surface area contributed by atoms with Crippen molar-refractivity contribution in [1.82, 2.24) is 0 Å². The minimum absolute atomic E-state index is 0.0545. The fourth-order valence-corrected chi connectivity index (χ4v) is 2.12. The van der Waals surface area contributed by atoms with Crippen LogP contribution in [0.3, 0.4) is 0 Å². The Labute approximate surface area is 119 Å². The molecule has 3 heteroatoms. The highest BCUT2D eigenvalue weighted by atomic mass is 35.5. The van der Waals surface area contributed by atoms with Crippen LogP contribution >= 0.6 is 11.6 Å². The summed E-state index contributed by atoms with van der Waals surface area (Å²) in [4.78, 5) is 0. The molecule has 0 aliphatic heterocycles. The Morgan fingerprint density at radius 3 is 2.63 bits per heavy atom. The number of aryl methyl sites for hydroxylation is 1. The quantitative estimate of drug-likeness (QED) is 0.905. The summed E-state index contributed by atoms with van der Waals surface area (Å²) in [7, 11) is 0. The summed E-state index contributed by atoms with van der Waals surface area (Å²) in [5, 5.41) is 0.719. The van der Waals surface area contributed by atoms with Gasteiger partial charge in [-0.15, -0.1) is 0 Å². The van der Waals surface area contributed by atoms with Gasteiger partial charge in [-0.1, -0.05) is 47.5 Å². The first-order chi connectivity index (χ1) is 9.08. The van der Waals surface area contributed by atoms with E-state index in [1.807, 2.05) is 50.2 Å². The van der Waals surface area contributed by atoms with Gasteiger partial charge < -0.3 is 10.5 Å². The highest BCUT2D eigenvalue weighted by molar-refractivity contribution is 6.31. The van der Waals surface area contributed by atoms with Crippen molar-refractivity contribution >= 4 is 11.6 Å². The van der Waals surface area contributed by atoms with Gasteiger partial charge in [-0.05, 0) is 26.0 Å². The second-order valence-corrected chi connectivity index (χ2v) is 5.12. The number of halogens is 1. The summed E-state index contributed by atoms with van der Waals surface area (Å²) in [6.45, 7) is 4.45. The van der Waals surface area contributed by atoms with Gasteiger partial charge in [-0.3, -0.25) is 0 Å². The molecule has 0 aliphatic rings. The molecule has 0 aliphatic carbocycles. The number of hydrogen-bond acceptors (Lipinski definition) is 2. The largest absolute Gasteiger partial charge is 0.489 e. The molecule has 2 aromatic rings. The second kappa shape index (κ2) is 6.09. The molecule has 0 aromatic heterocycles. The predicted molar refractivity (Wildman–Crippen MR) is 79.6 cm³/mol. The molecule has 0 heterocycles. The maximum atomic E-state index is 6.11. The molecule has 19 heavy (non-hydrogen) atoms. The molecular formula is C16H18ClNO. The number of rotatable bonds is 4. The van der Waals surface area contributed by atoms with Gasteiger partial charge in [-0.25, -0.2) is 0 Å². The highest BCUT2D eigenvalue weighted by Crippen LogP contribution is 2.26. The zero-order valence-electron chi connectivity index (χ0n) is 11.2. The van der Waals surface area contributed by atoms with E-state index in [1.165, 1.54) is 5.56 Å². The number of hydrogen-bond donors (Lipinski definition) is 1. The lowest BCUT2D eigenvalue weighted by molar-refractivity contribution is 0.301. The van der Waals surface area contributed by atoms with Gasteiger partial charge in [0.25, 0.3) is 0 Å². The Hall–Kier alpha value is -1.51. The maximum Gasteiger partial charge on any atom is 0.124 e. The van der Waals surface area contributed by atoms with Crippen LogP contribution in [0.1, 0.15) is 29.7 Å². The fourth-order valence-electron chi connectivity index (χ4n) is 1.93. The summed E-state index contributed by atoms with van der Waals surface area (Å²) >= 11 is 6.11. The number of nitrogens with two attached hydrogens (primary N) is 1. The van der Waals surface area contributed by atoms with Crippen LogP contribution in [-0.4, -0.2) is 0 Å². The van der Waals surface area contributed by atoms with Crippen molar-refractivity contribution in [1.29, 1.82) is 0 Å². The lowest BCUT2D eigenvalue weighted by Gasteiger charge is -2.15. The van der Waals surface area contributed by atoms with Gasteiger partial charge in [0.1, 0.15) is 12.4 Å². The zero-order valence-corrected chi connectivity index (χ0v) is 11.9. The van der Waals surface area contributed by atoms with Crippen LogP contribution in [0, 0.1) is 6.92 Å². The molecule has 0 bridgehead atoms. The van der Waals surface area contributed by atoms with E-state index < -0.39 is 0 Å². The molecule has 2 N–H and O–H groups in total. The SMILES string of the molecule is Cc1ccc(OCc2ccccc2Cl)c([C@@H](C)N)c1. The van der Waals surface area contributed by atoms with Gasteiger partial charge in [0, 0.05) is 22.2 Å². The summed E-state index contributed by atoms with van der Waals surface area (Å²) in [6, 6.07) is 13.7. The van der Waals surface area contributed by atoms with Crippen molar-refractivity contribution in [2.75, 3.05) is 0 Å². The third-order valence-corrected chi connectivity index (χ3v) is 3.37.